The van der Waals surface area contributed by atoms with Gasteiger partial charge in [-0.2, -0.15) is 11.8 Å². The molecular formula is C19H31NS. The van der Waals surface area contributed by atoms with E-state index in [2.05, 4.69) is 69.0 Å². The van der Waals surface area contributed by atoms with Crippen LogP contribution in [0, 0.1) is 0 Å². The Kier molecular flexibility index (Phi) is 6.19. The lowest BCUT2D eigenvalue weighted by molar-refractivity contribution is 0.440. The normalized spacial score (nSPS) is 20.1. The summed E-state index contributed by atoms with van der Waals surface area (Å²) in [5.41, 5.74) is 3.21. The van der Waals surface area contributed by atoms with Crippen LogP contribution in [0.2, 0.25) is 0 Å². The number of fused-ring (bicyclic) bond motifs is 1. The van der Waals surface area contributed by atoms with Crippen molar-refractivity contribution in [3.8, 4) is 0 Å². The Labute approximate surface area is 135 Å². The average Bonchev–Trinajstić information content (AvgIpc) is 2.44. The van der Waals surface area contributed by atoms with Crippen molar-refractivity contribution in [1.29, 1.82) is 0 Å². The topological polar surface area (TPSA) is 12.0 Å². The monoisotopic (exact) mass is 305 g/mol. The Morgan fingerprint density at radius 2 is 2.05 bits per heavy atom. The zero-order valence-electron chi connectivity index (χ0n) is 14.1. The largest absolute Gasteiger partial charge is 0.313 e. The Morgan fingerprint density at radius 3 is 2.76 bits per heavy atom. The molecule has 0 saturated carbocycles. The van der Waals surface area contributed by atoms with Crippen molar-refractivity contribution in [2.75, 3.05) is 12.3 Å². The van der Waals surface area contributed by atoms with Crippen LogP contribution in [0.5, 0.6) is 0 Å². The molecule has 2 atom stereocenters. The highest BCUT2D eigenvalue weighted by molar-refractivity contribution is 8.00. The summed E-state index contributed by atoms with van der Waals surface area (Å²) in [5, 5.41) is 3.71. The highest BCUT2D eigenvalue weighted by Gasteiger charge is 2.24. The van der Waals surface area contributed by atoms with Crippen LogP contribution >= 0.6 is 11.8 Å². The van der Waals surface area contributed by atoms with Crippen molar-refractivity contribution < 1.29 is 0 Å². The van der Waals surface area contributed by atoms with Gasteiger partial charge in [0.05, 0.1) is 0 Å². The van der Waals surface area contributed by atoms with E-state index in [4.69, 9.17) is 0 Å². The average molecular weight is 306 g/mol. The van der Waals surface area contributed by atoms with E-state index in [1.165, 1.54) is 31.4 Å². The van der Waals surface area contributed by atoms with Crippen LogP contribution in [-0.2, 0) is 6.42 Å². The summed E-state index contributed by atoms with van der Waals surface area (Å²) in [6.45, 7) is 10.2. The van der Waals surface area contributed by atoms with E-state index in [1.807, 2.05) is 0 Å². The van der Waals surface area contributed by atoms with E-state index < -0.39 is 0 Å². The SMILES string of the molecule is CCNC(CSC(C)(C)C)CC1CCCc2ccccc21. The minimum atomic E-state index is 0.359. The van der Waals surface area contributed by atoms with Gasteiger partial charge in [0, 0.05) is 16.5 Å². The van der Waals surface area contributed by atoms with Crippen molar-refractivity contribution in [3.05, 3.63) is 35.4 Å². The number of nitrogens with one attached hydrogen (secondary N) is 1. The third-order valence-electron chi connectivity index (χ3n) is 4.27. The molecule has 0 aliphatic heterocycles. The van der Waals surface area contributed by atoms with Crippen LogP contribution in [-0.4, -0.2) is 23.1 Å². The second kappa shape index (κ2) is 7.69. The van der Waals surface area contributed by atoms with Crippen molar-refractivity contribution in [2.45, 2.75) is 70.1 Å². The lowest BCUT2D eigenvalue weighted by Crippen LogP contribution is -2.34. The van der Waals surface area contributed by atoms with Gasteiger partial charge in [-0.25, -0.2) is 0 Å². The highest BCUT2D eigenvalue weighted by atomic mass is 32.2. The standard InChI is InChI=1S/C19H31NS/c1-5-20-17(14-21-19(2,3)4)13-16-11-8-10-15-9-6-7-12-18(15)16/h6-7,9,12,16-17,20H,5,8,10-11,13-14H2,1-4H3. The molecule has 0 spiro atoms. The molecule has 0 aromatic heterocycles. The summed E-state index contributed by atoms with van der Waals surface area (Å²) in [6.07, 6.45) is 5.27. The maximum absolute atomic E-state index is 3.71. The number of thioether (sulfide) groups is 1. The van der Waals surface area contributed by atoms with Gasteiger partial charge in [-0.3, -0.25) is 0 Å². The van der Waals surface area contributed by atoms with Crippen LogP contribution < -0.4 is 5.32 Å². The van der Waals surface area contributed by atoms with E-state index in [1.54, 1.807) is 11.1 Å². The Hall–Kier alpha value is -0.470. The predicted octanol–water partition coefficient (Wildman–Crippen LogP) is 5.01. The van der Waals surface area contributed by atoms with Crippen LogP contribution in [0.1, 0.15) is 64.0 Å². The predicted molar refractivity (Wildman–Crippen MR) is 96.4 cm³/mol. The Bertz CT molecular complexity index is 435. The summed E-state index contributed by atoms with van der Waals surface area (Å²) in [7, 11) is 0. The van der Waals surface area contributed by atoms with Crippen molar-refractivity contribution >= 4 is 11.8 Å². The third-order valence-corrected chi connectivity index (χ3v) is 5.71. The molecule has 0 bridgehead atoms. The summed E-state index contributed by atoms with van der Waals surface area (Å²) >= 11 is 2.09. The molecular weight excluding hydrogens is 274 g/mol. The lowest BCUT2D eigenvalue weighted by Gasteiger charge is -2.30. The number of hydrogen-bond donors (Lipinski definition) is 1. The van der Waals surface area contributed by atoms with Gasteiger partial charge in [0.15, 0.2) is 0 Å². The number of hydrogen-bond acceptors (Lipinski definition) is 2. The van der Waals surface area contributed by atoms with Crippen molar-refractivity contribution in [3.63, 3.8) is 0 Å². The molecule has 1 aromatic carbocycles. The fourth-order valence-corrected chi connectivity index (χ4v) is 4.25. The molecule has 2 heteroatoms. The molecule has 1 aliphatic rings. The van der Waals surface area contributed by atoms with E-state index in [-0.39, 0.29) is 0 Å². The zero-order valence-corrected chi connectivity index (χ0v) is 14.9. The van der Waals surface area contributed by atoms with Crippen LogP contribution in [0.15, 0.2) is 24.3 Å². The zero-order chi connectivity index (χ0) is 15.3. The maximum atomic E-state index is 3.71. The van der Waals surface area contributed by atoms with Gasteiger partial charge >= 0.3 is 0 Å². The second-order valence-corrected chi connectivity index (χ2v) is 9.05. The molecule has 1 nitrogen and oxygen atoms in total. The molecule has 0 heterocycles. The fourth-order valence-electron chi connectivity index (χ4n) is 3.29. The molecule has 21 heavy (non-hydrogen) atoms. The number of rotatable bonds is 6. The van der Waals surface area contributed by atoms with E-state index in [0.29, 0.717) is 10.8 Å². The first-order valence-corrected chi connectivity index (χ1v) is 9.43. The summed E-state index contributed by atoms with van der Waals surface area (Å²) in [5.74, 6) is 1.97. The highest BCUT2D eigenvalue weighted by Crippen LogP contribution is 2.35. The first-order valence-electron chi connectivity index (χ1n) is 8.44. The first kappa shape index (κ1) is 16.9. The molecule has 2 rings (SSSR count). The van der Waals surface area contributed by atoms with E-state index in [0.717, 1.165) is 12.5 Å². The molecule has 0 saturated heterocycles. The molecule has 118 valence electrons. The van der Waals surface area contributed by atoms with E-state index in [9.17, 15) is 0 Å². The van der Waals surface area contributed by atoms with Gasteiger partial charge in [0.1, 0.15) is 0 Å². The lowest BCUT2D eigenvalue weighted by atomic mass is 9.80. The summed E-state index contributed by atoms with van der Waals surface area (Å²) in [6, 6.07) is 9.73. The Balaban J connectivity index is 2.00. The van der Waals surface area contributed by atoms with Gasteiger partial charge in [0.2, 0.25) is 0 Å². The minimum absolute atomic E-state index is 0.359. The maximum Gasteiger partial charge on any atom is 0.0164 e. The molecule has 1 N–H and O–H groups in total. The molecule has 2 unspecified atom stereocenters. The molecule has 1 aromatic rings. The molecule has 0 fully saturated rings. The van der Waals surface area contributed by atoms with Gasteiger partial charge in [0.25, 0.3) is 0 Å². The van der Waals surface area contributed by atoms with Gasteiger partial charge in [-0.05, 0) is 49.3 Å². The van der Waals surface area contributed by atoms with Crippen LogP contribution in [0.25, 0.3) is 0 Å². The molecule has 0 radical (unpaired) electrons. The first-order chi connectivity index (χ1) is 9.99. The summed E-state index contributed by atoms with van der Waals surface area (Å²) < 4.78 is 0.359. The molecule has 1 aliphatic carbocycles. The van der Waals surface area contributed by atoms with Crippen molar-refractivity contribution in [1.82, 2.24) is 5.32 Å². The van der Waals surface area contributed by atoms with E-state index >= 15 is 0 Å². The Morgan fingerprint density at radius 1 is 1.29 bits per heavy atom. The van der Waals surface area contributed by atoms with Gasteiger partial charge in [-0.1, -0.05) is 52.0 Å². The van der Waals surface area contributed by atoms with Gasteiger partial charge < -0.3 is 5.32 Å². The third kappa shape index (κ3) is 5.34. The minimum Gasteiger partial charge on any atom is -0.313 e. The smallest absolute Gasteiger partial charge is 0.0164 e. The van der Waals surface area contributed by atoms with Crippen molar-refractivity contribution in [2.24, 2.45) is 0 Å². The number of aryl methyl sites for hydroxylation is 1. The second-order valence-electron chi connectivity index (χ2n) is 7.20. The quantitative estimate of drug-likeness (QED) is 0.793. The fraction of sp³-hybridized carbons (Fsp3) is 0.684. The summed E-state index contributed by atoms with van der Waals surface area (Å²) in [4.78, 5) is 0. The number of benzene rings is 1. The van der Waals surface area contributed by atoms with Gasteiger partial charge in [-0.15, -0.1) is 0 Å². The van der Waals surface area contributed by atoms with Crippen LogP contribution in [0.4, 0.5) is 0 Å². The van der Waals surface area contributed by atoms with Crippen LogP contribution in [0.3, 0.4) is 0 Å². The molecule has 0 amide bonds.